The van der Waals surface area contributed by atoms with E-state index in [9.17, 15) is 0 Å². The summed E-state index contributed by atoms with van der Waals surface area (Å²) < 4.78 is 0. The van der Waals surface area contributed by atoms with E-state index in [1.165, 1.54) is 71.0 Å². The van der Waals surface area contributed by atoms with Gasteiger partial charge in [0.1, 0.15) is 0 Å². The first-order valence-electron chi connectivity index (χ1n) is 8.55. The van der Waals surface area contributed by atoms with Crippen LogP contribution in [0.2, 0.25) is 0 Å². The second-order valence-electron chi connectivity index (χ2n) is 7.67. The molecule has 2 fully saturated rings. The molecule has 2 aliphatic rings. The molecular formula is C17H34N2. The minimum Gasteiger partial charge on any atom is -0.312 e. The van der Waals surface area contributed by atoms with Crippen molar-refractivity contribution in [1.29, 1.82) is 0 Å². The molecule has 1 saturated heterocycles. The zero-order valence-corrected chi connectivity index (χ0v) is 13.4. The van der Waals surface area contributed by atoms with Crippen molar-refractivity contribution in [1.82, 2.24) is 10.2 Å². The summed E-state index contributed by atoms with van der Waals surface area (Å²) >= 11 is 0. The van der Waals surface area contributed by atoms with Gasteiger partial charge in [-0.3, -0.25) is 0 Å². The third-order valence-corrected chi connectivity index (χ3v) is 4.89. The number of rotatable bonds is 6. The highest BCUT2D eigenvalue weighted by molar-refractivity contribution is 4.87. The van der Waals surface area contributed by atoms with Gasteiger partial charge in [-0.15, -0.1) is 0 Å². The Morgan fingerprint density at radius 2 is 1.74 bits per heavy atom. The van der Waals surface area contributed by atoms with Crippen molar-refractivity contribution in [2.75, 3.05) is 19.6 Å². The monoisotopic (exact) mass is 266 g/mol. The highest BCUT2D eigenvalue weighted by Gasteiger charge is 2.32. The molecule has 0 bridgehead atoms. The maximum absolute atomic E-state index is 3.60. The molecule has 2 nitrogen and oxygen atoms in total. The number of nitrogens with zero attached hydrogens (tertiary/aromatic N) is 1. The van der Waals surface area contributed by atoms with E-state index >= 15 is 0 Å². The molecule has 1 unspecified atom stereocenters. The summed E-state index contributed by atoms with van der Waals surface area (Å²) in [5.74, 6) is 1.04. The fourth-order valence-corrected chi connectivity index (χ4v) is 3.91. The fourth-order valence-electron chi connectivity index (χ4n) is 3.91. The van der Waals surface area contributed by atoms with Gasteiger partial charge in [-0.25, -0.2) is 0 Å². The van der Waals surface area contributed by atoms with Crippen LogP contribution in [-0.4, -0.2) is 36.1 Å². The normalized spacial score (nSPS) is 26.4. The first-order valence-corrected chi connectivity index (χ1v) is 8.55. The van der Waals surface area contributed by atoms with E-state index in [0.717, 1.165) is 12.0 Å². The Balaban J connectivity index is 1.62. The molecule has 0 radical (unpaired) electrons. The SMILES string of the molecule is CC(C)(C)NCCCCN1CCCC1C1CCCC1. The predicted octanol–water partition coefficient (Wildman–Crippen LogP) is 3.81. The van der Waals surface area contributed by atoms with Crippen molar-refractivity contribution in [3.63, 3.8) is 0 Å². The van der Waals surface area contributed by atoms with Crippen LogP contribution in [0.15, 0.2) is 0 Å². The summed E-state index contributed by atoms with van der Waals surface area (Å²) in [6, 6.07) is 0.943. The third kappa shape index (κ3) is 5.07. The van der Waals surface area contributed by atoms with Crippen LogP contribution in [0.3, 0.4) is 0 Å². The number of hydrogen-bond acceptors (Lipinski definition) is 2. The molecule has 19 heavy (non-hydrogen) atoms. The zero-order chi connectivity index (χ0) is 13.7. The first kappa shape index (κ1) is 15.3. The van der Waals surface area contributed by atoms with Crippen LogP contribution >= 0.6 is 0 Å². The van der Waals surface area contributed by atoms with Crippen LogP contribution in [0.1, 0.15) is 72.1 Å². The van der Waals surface area contributed by atoms with E-state index in [-0.39, 0.29) is 5.54 Å². The van der Waals surface area contributed by atoms with Crippen LogP contribution in [0.4, 0.5) is 0 Å². The second kappa shape index (κ2) is 7.08. The molecule has 1 saturated carbocycles. The molecule has 1 heterocycles. The van der Waals surface area contributed by atoms with Gasteiger partial charge in [0, 0.05) is 11.6 Å². The molecule has 1 N–H and O–H groups in total. The molecular weight excluding hydrogens is 232 g/mol. The minimum absolute atomic E-state index is 0.278. The Kier molecular flexibility index (Phi) is 5.70. The molecule has 2 rings (SSSR count). The molecule has 0 spiro atoms. The van der Waals surface area contributed by atoms with Gasteiger partial charge in [0.05, 0.1) is 0 Å². The molecule has 1 aliphatic carbocycles. The number of nitrogens with one attached hydrogen (secondary N) is 1. The van der Waals surface area contributed by atoms with E-state index in [4.69, 9.17) is 0 Å². The summed E-state index contributed by atoms with van der Waals surface area (Å²) in [4.78, 5) is 2.81. The lowest BCUT2D eigenvalue weighted by Gasteiger charge is -2.29. The van der Waals surface area contributed by atoms with E-state index in [2.05, 4.69) is 31.0 Å². The second-order valence-corrected chi connectivity index (χ2v) is 7.67. The lowest BCUT2D eigenvalue weighted by molar-refractivity contribution is 0.187. The van der Waals surface area contributed by atoms with Crippen LogP contribution in [0, 0.1) is 5.92 Å². The van der Waals surface area contributed by atoms with E-state index in [1.54, 1.807) is 0 Å². The van der Waals surface area contributed by atoms with Crippen molar-refractivity contribution in [2.24, 2.45) is 5.92 Å². The molecule has 1 atom stereocenters. The topological polar surface area (TPSA) is 15.3 Å². The van der Waals surface area contributed by atoms with Crippen molar-refractivity contribution < 1.29 is 0 Å². The Hall–Kier alpha value is -0.0800. The van der Waals surface area contributed by atoms with Gasteiger partial charge in [0.2, 0.25) is 0 Å². The molecule has 0 aromatic heterocycles. The van der Waals surface area contributed by atoms with Crippen molar-refractivity contribution in [2.45, 2.75) is 83.7 Å². The third-order valence-electron chi connectivity index (χ3n) is 4.89. The summed E-state index contributed by atoms with van der Waals surface area (Å²) in [6.45, 7) is 10.6. The maximum Gasteiger partial charge on any atom is 0.0124 e. The van der Waals surface area contributed by atoms with Crippen LogP contribution < -0.4 is 5.32 Å². The lowest BCUT2D eigenvalue weighted by atomic mass is 9.96. The number of likely N-dealkylation sites (tertiary alicyclic amines) is 1. The van der Waals surface area contributed by atoms with Crippen LogP contribution in [0.5, 0.6) is 0 Å². The van der Waals surface area contributed by atoms with Crippen molar-refractivity contribution in [3.05, 3.63) is 0 Å². The predicted molar refractivity (Wildman–Crippen MR) is 83.5 cm³/mol. The van der Waals surface area contributed by atoms with Gasteiger partial charge < -0.3 is 10.2 Å². The molecule has 1 aliphatic heterocycles. The standard InChI is InChI=1S/C17H34N2/c1-17(2,3)18-12-6-7-13-19-14-8-11-16(19)15-9-4-5-10-15/h15-16,18H,4-14H2,1-3H3. The van der Waals surface area contributed by atoms with Gasteiger partial charge in [0.15, 0.2) is 0 Å². The molecule has 0 amide bonds. The van der Waals surface area contributed by atoms with Gasteiger partial charge in [-0.05, 0) is 84.8 Å². The average molecular weight is 266 g/mol. The van der Waals surface area contributed by atoms with Crippen LogP contribution in [0.25, 0.3) is 0 Å². The quantitative estimate of drug-likeness (QED) is 0.736. The molecule has 0 aromatic rings. The fraction of sp³-hybridized carbons (Fsp3) is 1.00. The maximum atomic E-state index is 3.60. The van der Waals surface area contributed by atoms with E-state index < -0.39 is 0 Å². The Morgan fingerprint density at radius 1 is 1.00 bits per heavy atom. The zero-order valence-electron chi connectivity index (χ0n) is 13.4. The Morgan fingerprint density at radius 3 is 2.42 bits per heavy atom. The average Bonchev–Trinajstić information content (AvgIpc) is 2.96. The molecule has 112 valence electrons. The van der Waals surface area contributed by atoms with E-state index in [0.29, 0.717) is 0 Å². The van der Waals surface area contributed by atoms with Gasteiger partial charge in [-0.1, -0.05) is 12.8 Å². The highest BCUT2D eigenvalue weighted by atomic mass is 15.2. The summed E-state index contributed by atoms with van der Waals surface area (Å²) in [5, 5.41) is 3.60. The van der Waals surface area contributed by atoms with Crippen LogP contribution in [-0.2, 0) is 0 Å². The summed E-state index contributed by atoms with van der Waals surface area (Å²) in [7, 11) is 0. The van der Waals surface area contributed by atoms with Crippen molar-refractivity contribution in [3.8, 4) is 0 Å². The largest absolute Gasteiger partial charge is 0.312 e. The number of unbranched alkanes of at least 4 members (excludes halogenated alkanes) is 1. The summed E-state index contributed by atoms with van der Waals surface area (Å²) in [5.41, 5.74) is 0.278. The van der Waals surface area contributed by atoms with E-state index in [1.807, 2.05) is 0 Å². The lowest BCUT2D eigenvalue weighted by Crippen LogP contribution is -2.37. The minimum atomic E-state index is 0.278. The number of hydrogen-bond donors (Lipinski definition) is 1. The molecule has 0 aromatic carbocycles. The Bertz CT molecular complexity index is 250. The Labute approximate surface area is 120 Å². The van der Waals surface area contributed by atoms with Gasteiger partial charge in [0.25, 0.3) is 0 Å². The smallest absolute Gasteiger partial charge is 0.0124 e. The van der Waals surface area contributed by atoms with Gasteiger partial charge in [-0.2, -0.15) is 0 Å². The summed E-state index contributed by atoms with van der Waals surface area (Å²) in [6.07, 6.45) is 11.6. The molecule has 2 heteroatoms. The van der Waals surface area contributed by atoms with Gasteiger partial charge >= 0.3 is 0 Å². The van der Waals surface area contributed by atoms with Crippen molar-refractivity contribution >= 4 is 0 Å². The first-order chi connectivity index (χ1) is 9.06. The highest BCUT2D eigenvalue weighted by Crippen LogP contribution is 2.35.